The molecular weight excluding hydrogens is 280 g/mol. The van der Waals surface area contributed by atoms with Gasteiger partial charge in [0.25, 0.3) is 0 Å². The highest BCUT2D eigenvalue weighted by molar-refractivity contribution is 7.99. The fourth-order valence-corrected chi connectivity index (χ4v) is 2.51. The second kappa shape index (κ2) is 8.14. The van der Waals surface area contributed by atoms with Gasteiger partial charge in [-0.1, -0.05) is 6.92 Å². The number of amides is 2. The van der Waals surface area contributed by atoms with Gasteiger partial charge in [-0.05, 0) is 12.8 Å². The van der Waals surface area contributed by atoms with Crippen LogP contribution in [-0.4, -0.2) is 60.9 Å². The lowest BCUT2D eigenvalue weighted by molar-refractivity contribution is -0.144. The maximum absolute atomic E-state index is 11.8. The molecule has 2 amide bonds. The Balaban J connectivity index is 2.17. The lowest BCUT2D eigenvalue weighted by Gasteiger charge is -2.17. The van der Waals surface area contributed by atoms with E-state index in [1.54, 1.807) is 14.0 Å². The van der Waals surface area contributed by atoms with Crippen LogP contribution in [0.5, 0.6) is 0 Å². The van der Waals surface area contributed by atoms with Gasteiger partial charge in [-0.15, -0.1) is 0 Å². The molecule has 1 saturated carbocycles. The number of hydrogen-bond donors (Lipinski definition) is 1. The van der Waals surface area contributed by atoms with Crippen molar-refractivity contribution in [3.63, 3.8) is 0 Å². The van der Waals surface area contributed by atoms with Gasteiger partial charge in [-0.3, -0.25) is 14.4 Å². The number of esters is 1. The van der Waals surface area contributed by atoms with Crippen molar-refractivity contribution in [2.24, 2.45) is 5.92 Å². The zero-order chi connectivity index (χ0) is 15.1. The number of nitrogens with one attached hydrogen (secondary N) is 1. The van der Waals surface area contributed by atoms with E-state index in [4.69, 9.17) is 0 Å². The molecular formula is C13H22N2O4S. The third-order valence-corrected chi connectivity index (χ3v) is 4.13. The van der Waals surface area contributed by atoms with Crippen molar-refractivity contribution in [3.8, 4) is 0 Å². The molecule has 1 fully saturated rings. The molecule has 0 radical (unpaired) electrons. The highest BCUT2D eigenvalue weighted by atomic mass is 32.2. The summed E-state index contributed by atoms with van der Waals surface area (Å²) in [5, 5.41) is 2.84. The Morgan fingerprint density at radius 2 is 2.05 bits per heavy atom. The summed E-state index contributed by atoms with van der Waals surface area (Å²) in [5.41, 5.74) is 0. The van der Waals surface area contributed by atoms with Crippen LogP contribution in [0.3, 0.4) is 0 Å². The van der Waals surface area contributed by atoms with Gasteiger partial charge in [0.15, 0.2) is 0 Å². The molecule has 0 aliphatic heterocycles. The number of carbonyl (C=O) groups excluding carboxylic acids is 3. The number of nitrogens with zero attached hydrogens (tertiary/aromatic N) is 1. The van der Waals surface area contributed by atoms with E-state index >= 15 is 0 Å². The highest BCUT2D eigenvalue weighted by Crippen LogP contribution is 2.18. The lowest BCUT2D eigenvalue weighted by atomic mass is 10.2. The van der Waals surface area contributed by atoms with Crippen LogP contribution in [0.4, 0.5) is 0 Å². The first kappa shape index (κ1) is 16.8. The Kier molecular flexibility index (Phi) is 6.84. The van der Waals surface area contributed by atoms with Crippen molar-refractivity contribution in [1.29, 1.82) is 0 Å². The smallest absolute Gasteiger partial charge is 0.309 e. The van der Waals surface area contributed by atoms with Gasteiger partial charge in [0, 0.05) is 18.8 Å². The maximum Gasteiger partial charge on any atom is 0.309 e. The first-order chi connectivity index (χ1) is 9.43. The van der Waals surface area contributed by atoms with Gasteiger partial charge >= 0.3 is 5.97 Å². The van der Waals surface area contributed by atoms with E-state index in [9.17, 15) is 14.4 Å². The first-order valence-corrected chi connectivity index (χ1v) is 7.78. The topological polar surface area (TPSA) is 75.7 Å². The molecule has 0 bridgehead atoms. The third kappa shape index (κ3) is 6.27. The Labute approximate surface area is 123 Å². The number of carbonyl (C=O) groups is 3. The molecule has 1 rings (SSSR count). The van der Waals surface area contributed by atoms with Crippen LogP contribution in [0, 0.1) is 5.92 Å². The molecule has 20 heavy (non-hydrogen) atoms. The molecule has 1 atom stereocenters. The van der Waals surface area contributed by atoms with Crippen LogP contribution in [-0.2, 0) is 19.1 Å². The van der Waals surface area contributed by atoms with Crippen LogP contribution in [0.2, 0.25) is 0 Å². The summed E-state index contributed by atoms with van der Waals surface area (Å²) in [4.78, 5) is 36.0. The quantitative estimate of drug-likeness (QED) is 0.651. The number of likely N-dealkylation sites (N-methyl/N-ethyl adjacent to an activating group) is 1. The van der Waals surface area contributed by atoms with Crippen molar-refractivity contribution in [2.45, 2.75) is 25.8 Å². The van der Waals surface area contributed by atoms with E-state index in [1.165, 1.54) is 23.8 Å². The zero-order valence-corrected chi connectivity index (χ0v) is 13.0. The van der Waals surface area contributed by atoms with Crippen LogP contribution in [0.1, 0.15) is 19.8 Å². The Morgan fingerprint density at radius 3 is 2.60 bits per heavy atom. The molecule has 1 aliphatic rings. The first-order valence-electron chi connectivity index (χ1n) is 6.63. The molecule has 6 nitrogen and oxygen atoms in total. The van der Waals surface area contributed by atoms with E-state index in [2.05, 4.69) is 10.1 Å². The number of hydrogen-bond acceptors (Lipinski definition) is 5. The van der Waals surface area contributed by atoms with Gasteiger partial charge in [0.05, 0.1) is 25.3 Å². The minimum absolute atomic E-state index is 0.0858. The van der Waals surface area contributed by atoms with Crippen molar-refractivity contribution in [1.82, 2.24) is 10.2 Å². The summed E-state index contributed by atoms with van der Waals surface area (Å²) in [6.45, 7) is 1.85. The van der Waals surface area contributed by atoms with Gasteiger partial charge in [-0.2, -0.15) is 11.8 Å². The number of thioether (sulfide) groups is 1. The molecule has 0 aromatic rings. The van der Waals surface area contributed by atoms with Gasteiger partial charge in [0.2, 0.25) is 11.8 Å². The molecule has 0 saturated heterocycles. The molecule has 7 heteroatoms. The molecule has 1 N–H and O–H groups in total. The lowest BCUT2D eigenvalue weighted by Crippen LogP contribution is -2.39. The van der Waals surface area contributed by atoms with Crippen LogP contribution < -0.4 is 5.32 Å². The van der Waals surface area contributed by atoms with Gasteiger partial charge in [0.1, 0.15) is 0 Å². The fourth-order valence-electron chi connectivity index (χ4n) is 1.51. The second-order valence-corrected chi connectivity index (χ2v) is 6.06. The molecule has 0 aromatic heterocycles. The summed E-state index contributed by atoms with van der Waals surface area (Å²) in [5.74, 6) is 0.0485. The van der Waals surface area contributed by atoms with E-state index in [0.29, 0.717) is 11.8 Å². The van der Waals surface area contributed by atoms with Crippen molar-refractivity contribution >= 4 is 29.5 Å². The molecule has 114 valence electrons. The molecule has 0 spiro atoms. The summed E-state index contributed by atoms with van der Waals surface area (Å²) in [7, 11) is 2.96. The summed E-state index contributed by atoms with van der Waals surface area (Å²) >= 11 is 1.37. The summed E-state index contributed by atoms with van der Waals surface area (Å²) < 4.78 is 4.61. The van der Waals surface area contributed by atoms with E-state index in [-0.39, 0.29) is 36.0 Å². The SMILES string of the molecule is COC(=O)C(C)CSCC(=O)N(C)CC(=O)NC1CC1. The van der Waals surface area contributed by atoms with E-state index < -0.39 is 0 Å². The fraction of sp³-hybridized carbons (Fsp3) is 0.769. The van der Waals surface area contributed by atoms with Crippen LogP contribution >= 0.6 is 11.8 Å². The molecule has 0 aromatic carbocycles. The minimum atomic E-state index is -0.276. The minimum Gasteiger partial charge on any atom is -0.469 e. The second-order valence-electron chi connectivity index (χ2n) is 5.03. The Bertz CT molecular complexity index is 371. The van der Waals surface area contributed by atoms with Crippen molar-refractivity contribution in [3.05, 3.63) is 0 Å². The van der Waals surface area contributed by atoms with Crippen LogP contribution in [0.25, 0.3) is 0 Å². The van der Waals surface area contributed by atoms with Crippen molar-refractivity contribution < 1.29 is 19.1 Å². The van der Waals surface area contributed by atoms with E-state index in [0.717, 1.165) is 12.8 Å². The maximum atomic E-state index is 11.8. The third-order valence-electron chi connectivity index (χ3n) is 2.95. The number of methoxy groups -OCH3 is 1. The predicted molar refractivity (Wildman–Crippen MR) is 77.3 cm³/mol. The molecule has 1 aliphatic carbocycles. The number of rotatable bonds is 8. The van der Waals surface area contributed by atoms with Gasteiger partial charge in [-0.25, -0.2) is 0 Å². The predicted octanol–water partition coefficient (Wildman–Crippen LogP) is 0.266. The Morgan fingerprint density at radius 1 is 1.40 bits per heavy atom. The average molecular weight is 302 g/mol. The normalized spacial score (nSPS) is 15.3. The molecule has 1 unspecified atom stereocenters. The monoisotopic (exact) mass is 302 g/mol. The highest BCUT2D eigenvalue weighted by Gasteiger charge is 2.24. The van der Waals surface area contributed by atoms with E-state index in [1.807, 2.05) is 0 Å². The summed E-state index contributed by atoms with van der Waals surface area (Å²) in [6, 6.07) is 0.307. The standard InChI is InChI=1S/C13H22N2O4S/c1-9(13(18)19-3)7-20-8-12(17)15(2)6-11(16)14-10-4-5-10/h9-10H,4-8H2,1-3H3,(H,14,16). The average Bonchev–Trinajstić information content (AvgIpc) is 3.20. The van der Waals surface area contributed by atoms with Crippen LogP contribution in [0.15, 0.2) is 0 Å². The zero-order valence-electron chi connectivity index (χ0n) is 12.2. The van der Waals surface area contributed by atoms with Crippen molar-refractivity contribution in [2.75, 3.05) is 32.2 Å². The largest absolute Gasteiger partial charge is 0.469 e. The number of ether oxygens (including phenoxy) is 1. The Hall–Kier alpha value is -1.24. The van der Waals surface area contributed by atoms with Gasteiger partial charge < -0.3 is 15.0 Å². The summed E-state index contributed by atoms with van der Waals surface area (Å²) in [6.07, 6.45) is 2.06. The molecule has 0 heterocycles.